The van der Waals surface area contributed by atoms with Gasteiger partial charge in [0, 0.05) is 10.9 Å². The van der Waals surface area contributed by atoms with Gasteiger partial charge in [0.15, 0.2) is 0 Å². The van der Waals surface area contributed by atoms with E-state index in [9.17, 15) is 4.79 Å². The number of aryl methyl sites for hydroxylation is 1. The Balaban J connectivity index is 2.71. The van der Waals surface area contributed by atoms with E-state index in [1.54, 1.807) is 11.3 Å². The number of carbonyl (C=O) groups is 1. The quantitative estimate of drug-likeness (QED) is 0.823. The van der Waals surface area contributed by atoms with Crippen LogP contribution < -0.4 is 5.73 Å². The smallest absolute Gasteiger partial charge is 0.311 e. The van der Waals surface area contributed by atoms with Gasteiger partial charge in [-0.25, -0.2) is 0 Å². The van der Waals surface area contributed by atoms with E-state index in [4.69, 9.17) is 10.5 Å². The lowest BCUT2D eigenvalue weighted by molar-refractivity contribution is -0.154. The first-order valence-electron chi connectivity index (χ1n) is 5.85. The van der Waals surface area contributed by atoms with Crippen LogP contribution in [-0.2, 0) is 9.53 Å². The minimum Gasteiger partial charge on any atom is -0.466 e. The third-order valence-electron chi connectivity index (χ3n) is 2.80. The zero-order valence-corrected chi connectivity index (χ0v) is 11.8. The summed E-state index contributed by atoms with van der Waals surface area (Å²) in [5.74, 6) is -0.176. The first kappa shape index (κ1) is 14.2. The van der Waals surface area contributed by atoms with Gasteiger partial charge < -0.3 is 10.5 Å². The fourth-order valence-electron chi connectivity index (χ4n) is 1.82. The molecule has 1 heterocycles. The maximum atomic E-state index is 11.8. The van der Waals surface area contributed by atoms with Gasteiger partial charge in [0.1, 0.15) is 0 Å². The number of ether oxygens (including phenoxy) is 1. The van der Waals surface area contributed by atoms with E-state index in [-0.39, 0.29) is 12.0 Å². The molecule has 17 heavy (non-hydrogen) atoms. The van der Waals surface area contributed by atoms with Crippen molar-refractivity contribution in [3.05, 3.63) is 21.9 Å². The Kier molecular flexibility index (Phi) is 4.71. The highest BCUT2D eigenvalue weighted by atomic mass is 32.1. The molecule has 0 aliphatic carbocycles. The molecule has 1 aromatic rings. The predicted octanol–water partition coefficient (Wildman–Crippen LogP) is 3.04. The molecule has 96 valence electrons. The lowest BCUT2D eigenvalue weighted by Gasteiger charge is -2.25. The zero-order valence-electron chi connectivity index (χ0n) is 10.9. The van der Waals surface area contributed by atoms with Crippen molar-refractivity contribution in [2.24, 2.45) is 11.1 Å². The molecule has 0 saturated carbocycles. The molecule has 0 fully saturated rings. The van der Waals surface area contributed by atoms with Crippen LogP contribution in [0.15, 0.2) is 11.4 Å². The maximum Gasteiger partial charge on any atom is 0.311 e. The molecule has 1 rings (SSSR count). The van der Waals surface area contributed by atoms with Crippen molar-refractivity contribution >= 4 is 17.3 Å². The second kappa shape index (κ2) is 5.65. The molecule has 1 aromatic heterocycles. The Morgan fingerprint density at radius 1 is 1.59 bits per heavy atom. The Hall–Kier alpha value is -0.870. The Bertz CT molecular complexity index is 385. The lowest BCUT2D eigenvalue weighted by Crippen LogP contribution is -2.30. The molecule has 0 saturated heterocycles. The highest BCUT2D eigenvalue weighted by Gasteiger charge is 2.32. The van der Waals surface area contributed by atoms with E-state index in [1.807, 2.05) is 33.1 Å². The molecule has 0 aliphatic heterocycles. The van der Waals surface area contributed by atoms with Gasteiger partial charge in [-0.3, -0.25) is 4.79 Å². The lowest BCUT2D eigenvalue weighted by atomic mass is 9.85. The summed E-state index contributed by atoms with van der Waals surface area (Å²) in [5, 5.41) is 2.03. The second-order valence-corrected chi connectivity index (χ2v) is 5.83. The standard InChI is InChI=1S/C13H21NO2S/c1-5-16-12(15)13(3,4)8-10(14)11-9(2)6-7-17-11/h6-7,10H,5,8,14H2,1-4H3. The van der Waals surface area contributed by atoms with Crippen molar-refractivity contribution in [2.75, 3.05) is 6.61 Å². The summed E-state index contributed by atoms with van der Waals surface area (Å²) in [5.41, 5.74) is 6.82. The Labute approximate surface area is 107 Å². The highest BCUT2D eigenvalue weighted by molar-refractivity contribution is 7.10. The fourth-order valence-corrected chi connectivity index (χ4v) is 2.75. The van der Waals surface area contributed by atoms with Crippen molar-refractivity contribution in [1.29, 1.82) is 0 Å². The second-order valence-electron chi connectivity index (χ2n) is 4.88. The van der Waals surface area contributed by atoms with Gasteiger partial charge in [0.25, 0.3) is 0 Å². The number of esters is 1. The zero-order chi connectivity index (χ0) is 13.1. The van der Waals surface area contributed by atoms with E-state index in [2.05, 4.69) is 6.07 Å². The van der Waals surface area contributed by atoms with Crippen molar-refractivity contribution in [2.45, 2.75) is 40.2 Å². The monoisotopic (exact) mass is 255 g/mol. The first-order valence-corrected chi connectivity index (χ1v) is 6.73. The summed E-state index contributed by atoms with van der Waals surface area (Å²) in [6.45, 7) is 8.04. The molecule has 2 N–H and O–H groups in total. The molecule has 0 amide bonds. The minimum atomic E-state index is -0.536. The number of rotatable bonds is 5. The van der Waals surface area contributed by atoms with Crippen LogP contribution in [0.2, 0.25) is 0 Å². The number of carbonyl (C=O) groups excluding carboxylic acids is 1. The fraction of sp³-hybridized carbons (Fsp3) is 0.615. The van der Waals surface area contributed by atoms with Crippen LogP contribution in [0, 0.1) is 12.3 Å². The van der Waals surface area contributed by atoms with Gasteiger partial charge in [0.05, 0.1) is 12.0 Å². The average molecular weight is 255 g/mol. The molecule has 3 nitrogen and oxygen atoms in total. The van der Waals surface area contributed by atoms with Crippen molar-refractivity contribution < 1.29 is 9.53 Å². The first-order chi connectivity index (χ1) is 7.88. The van der Waals surface area contributed by atoms with Gasteiger partial charge >= 0.3 is 5.97 Å². The minimum absolute atomic E-state index is 0.102. The molecular weight excluding hydrogens is 234 g/mol. The Morgan fingerprint density at radius 2 is 2.24 bits per heavy atom. The van der Waals surface area contributed by atoms with E-state index in [0.717, 1.165) is 4.88 Å². The predicted molar refractivity (Wildman–Crippen MR) is 71.0 cm³/mol. The van der Waals surface area contributed by atoms with Crippen molar-refractivity contribution in [3.63, 3.8) is 0 Å². The molecule has 1 atom stereocenters. The third-order valence-corrected chi connectivity index (χ3v) is 3.95. The molecule has 0 aromatic carbocycles. The van der Waals surface area contributed by atoms with Crippen LogP contribution in [0.4, 0.5) is 0 Å². The van der Waals surface area contributed by atoms with Gasteiger partial charge in [-0.05, 0) is 51.1 Å². The van der Waals surface area contributed by atoms with Crippen molar-refractivity contribution in [1.82, 2.24) is 0 Å². The SMILES string of the molecule is CCOC(=O)C(C)(C)CC(N)c1sccc1C. The number of hydrogen-bond donors (Lipinski definition) is 1. The maximum absolute atomic E-state index is 11.8. The van der Waals surface area contributed by atoms with E-state index < -0.39 is 5.41 Å². The molecule has 0 aliphatic rings. The molecule has 1 unspecified atom stereocenters. The number of hydrogen-bond acceptors (Lipinski definition) is 4. The number of nitrogens with two attached hydrogens (primary N) is 1. The largest absolute Gasteiger partial charge is 0.466 e. The molecule has 4 heteroatoms. The van der Waals surface area contributed by atoms with Crippen LogP contribution in [0.3, 0.4) is 0 Å². The summed E-state index contributed by atoms with van der Waals surface area (Å²) in [7, 11) is 0. The molecule has 0 spiro atoms. The summed E-state index contributed by atoms with van der Waals surface area (Å²) >= 11 is 1.65. The van der Waals surface area contributed by atoms with E-state index >= 15 is 0 Å². The van der Waals surface area contributed by atoms with E-state index in [1.165, 1.54) is 5.56 Å². The molecule has 0 bridgehead atoms. The van der Waals surface area contributed by atoms with Crippen molar-refractivity contribution in [3.8, 4) is 0 Å². The molecular formula is C13H21NO2S. The van der Waals surface area contributed by atoms with Crippen LogP contribution in [-0.4, -0.2) is 12.6 Å². The Morgan fingerprint density at radius 3 is 2.71 bits per heavy atom. The van der Waals surface area contributed by atoms with E-state index in [0.29, 0.717) is 13.0 Å². The van der Waals surface area contributed by atoms with Gasteiger partial charge in [-0.1, -0.05) is 0 Å². The summed E-state index contributed by atoms with van der Waals surface area (Å²) in [6.07, 6.45) is 0.604. The highest BCUT2D eigenvalue weighted by Crippen LogP contribution is 2.33. The van der Waals surface area contributed by atoms with Crippen LogP contribution in [0.25, 0.3) is 0 Å². The van der Waals surface area contributed by atoms with Crippen LogP contribution in [0.5, 0.6) is 0 Å². The molecule has 0 radical (unpaired) electrons. The summed E-state index contributed by atoms with van der Waals surface area (Å²) in [6, 6.07) is 1.95. The van der Waals surface area contributed by atoms with Gasteiger partial charge in [-0.15, -0.1) is 11.3 Å². The van der Waals surface area contributed by atoms with Crippen LogP contribution >= 0.6 is 11.3 Å². The normalized spacial score (nSPS) is 13.5. The average Bonchev–Trinajstić information content (AvgIpc) is 2.64. The third kappa shape index (κ3) is 3.54. The van der Waals surface area contributed by atoms with Gasteiger partial charge in [0.2, 0.25) is 0 Å². The summed E-state index contributed by atoms with van der Waals surface area (Å²) < 4.78 is 5.06. The topological polar surface area (TPSA) is 52.3 Å². The van der Waals surface area contributed by atoms with Crippen LogP contribution in [0.1, 0.15) is 43.7 Å². The van der Waals surface area contributed by atoms with Gasteiger partial charge in [-0.2, -0.15) is 0 Å². The number of thiophene rings is 1. The summed E-state index contributed by atoms with van der Waals surface area (Å²) in [4.78, 5) is 12.9.